The highest BCUT2D eigenvalue weighted by Crippen LogP contribution is 2.40. The third-order valence-electron chi connectivity index (χ3n) is 4.66. The molecule has 3 rings (SSSR count). The predicted molar refractivity (Wildman–Crippen MR) is 126 cm³/mol. The molecule has 0 amide bonds. The maximum Gasteiger partial charge on any atom is 0.277 e. The first-order valence-corrected chi connectivity index (χ1v) is 12.8. The van der Waals surface area contributed by atoms with E-state index >= 15 is 0 Å². The predicted octanol–water partition coefficient (Wildman–Crippen LogP) is 3.38. The van der Waals surface area contributed by atoms with Crippen LogP contribution in [0.25, 0.3) is 0 Å². The number of thiophene rings is 1. The maximum atomic E-state index is 12.7. The summed E-state index contributed by atoms with van der Waals surface area (Å²) in [6, 6.07) is 3.26. The van der Waals surface area contributed by atoms with Gasteiger partial charge in [0, 0.05) is 18.1 Å². The van der Waals surface area contributed by atoms with E-state index in [1.165, 1.54) is 12.4 Å². The van der Waals surface area contributed by atoms with Gasteiger partial charge in [0.1, 0.15) is 5.76 Å². The van der Waals surface area contributed by atoms with Crippen LogP contribution in [-0.4, -0.2) is 40.8 Å². The summed E-state index contributed by atoms with van der Waals surface area (Å²) in [6.45, 7) is 11.2. The standard InChI is InChI=1S/C19H25N5O5S3/c1-11(2)24(6)32(27,28)18-14(25)12(10-30-18)20-16-17(23-31(26)22-16)21-15(19(3,4)5)13-8-7-9-29-13/h7-10,15,25H,1H2,2-6H3,(H,20,22)(H,21,23). The highest BCUT2D eigenvalue weighted by Gasteiger charge is 2.33. The van der Waals surface area contributed by atoms with Crippen molar-refractivity contribution in [3.05, 3.63) is 41.8 Å². The summed E-state index contributed by atoms with van der Waals surface area (Å²) < 4.78 is 51.7. The fourth-order valence-corrected chi connectivity index (χ4v) is 6.03. The van der Waals surface area contributed by atoms with Gasteiger partial charge in [-0.05, 0) is 24.5 Å². The van der Waals surface area contributed by atoms with E-state index in [2.05, 4.69) is 26.0 Å². The van der Waals surface area contributed by atoms with E-state index in [9.17, 15) is 17.7 Å². The number of rotatable bonds is 6. The number of nitrogens with one attached hydrogen (secondary N) is 2. The van der Waals surface area contributed by atoms with Gasteiger partial charge in [-0.3, -0.25) is 4.31 Å². The van der Waals surface area contributed by atoms with Crippen LogP contribution in [0.1, 0.15) is 39.5 Å². The molecule has 0 aromatic carbocycles. The normalized spacial score (nSPS) is 17.5. The minimum atomic E-state index is -3.97. The van der Waals surface area contributed by atoms with Gasteiger partial charge in [-0.2, -0.15) is 0 Å². The van der Waals surface area contributed by atoms with Gasteiger partial charge in [0.05, 0.1) is 18.0 Å². The molecule has 2 atom stereocenters. The van der Waals surface area contributed by atoms with Crippen molar-refractivity contribution in [2.45, 2.75) is 37.9 Å². The SMILES string of the molecule is C=C(C)N(C)S(=O)(=O)c1scc(NC2=NS(=O)N=C2NC(c2ccco2)C(C)(C)C)c1O. The maximum absolute atomic E-state index is 12.7. The fourth-order valence-electron chi connectivity index (χ4n) is 2.81. The van der Waals surface area contributed by atoms with Crippen molar-refractivity contribution >= 4 is 49.9 Å². The molecular formula is C19H25N5O5S3. The Balaban J connectivity index is 1.88. The molecule has 0 saturated carbocycles. The summed E-state index contributed by atoms with van der Waals surface area (Å²) in [5.41, 5.74) is 0.0999. The Labute approximate surface area is 193 Å². The van der Waals surface area contributed by atoms with Crippen LogP contribution < -0.4 is 10.6 Å². The molecule has 3 N–H and O–H groups in total. The van der Waals surface area contributed by atoms with E-state index in [1.807, 2.05) is 26.8 Å². The van der Waals surface area contributed by atoms with Crippen molar-refractivity contribution in [3.8, 4) is 5.75 Å². The molecule has 0 spiro atoms. The highest BCUT2D eigenvalue weighted by molar-refractivity contribution is 7.91. The Morgan fingerprint density at radius 3 is 2.56 bits per heavy atom. The van der Waals surface area contributed by atoms with Gasteiger partial charge < -0.3 is 20.2 Å². The largest absolute Gasteiger partial charge is 0.504 e. The van der Waals surface area contributed by atoms with Crippen molar-refractivity contribution in [3.63, 3.8) is 0 Å². The van der Waals surface area contributed by atoms with Gasteiger partial charge in [0.25, 0.3) is 21.2 Å². The number of anilines is 1. The molecule has 2 unspecified atom stereocenters. The average molecular weight is 500 g/mol. The Hall–Kier alpha value is -2.64. The Kier molecular flexibility index (Phi) is 6.54. The van der Waals surface area contributed by atoms with Crippen LogP contribution in [0.15, 0.2) is 53.5 Å². The summed E-state index contributed by atoms with van der Waals surface area (Å²) in [7, 11) is -2.62. The van der Waals surface area contributed by atoms with Crippen molar-refractivity contribution in [2.75, 3.05) is 12.4 Å². The average Bonchev–Trinajstić information content (AvgIpc) is 3.40. The Morgan fingerprint density at radius 1 is 1.34 bits per heavy atom. The lowest BCUT2D eigenvalue weighted by Gasteiger charge is -2.30. The summed E-state index contributed by atoms with van der Waals surface area (Å²) in [4.78, 5) is 0. The zero-order valence-corrected chi connectivity index (χ0v) is 20.7. The van der Waals surface area contributed by atoms with E-state index in [-0.39, 0.29) is 33.0 Å². The van der Waals surface area contributed by atoms with Crippen LogP contribution in [0, 0.1) is 5.41 Å². The summed E-state index contributed by atoms with van der Waals surface area (Å²) in [6.07, 6.45) is 1.56. The number of hydrogen-bond donors (Lipinski definition) is 3. The number of furan rings is 1. The molecule has 174 valence electrons. The van der Waals surface area contributed by atoms with Gasteiger partial charge in [0.2, 0.25) is 0 Å². The quantitative estimate of drug-likeness (QED) is 0.554. The summed E-state index contributed by atoms with van der Waals surface area (Å²) in [5, 5.41) is 18.1. The minimum Gasteiger partial charge on any atom is -0.504 e. The lowest BCUT2D eigenvalue weighted by Crippen LogP contribution is -2.41. The van der Waals surface area contributed by atoms with E-state index in [4.69, 9.17) is 4.42 Å². The molecule has 3 heterocycles. The van der Waals surface area contributed by atoms with Gasteiger partial charge >= 0.3 is 0 Å². The molecule has 32 heavy (non-hydrogen) atoms. The number of aromatic hydroxyl groups is 1. The van der Waals surface area contributed by atoms with Crippen LogP contribution in [0.5, 0.6) is 5.75 Å². The van der Waals surface area contributed by atoms with Crippen molar-refractivity contribution in [2.24, 2.45) is 14.2 Å². The molecule has 0 radical (unpaired) electrons. The number of allylic oxidation sites excluding steroid dienone is 1. The first-order valence-electron chi connectivity index (χ1n) is 9.44. The molecule has 2 aromatic rings. The third kappa shape index (κ3) is 4.74. The van der Waals surface area contributed by atoms with Gasteiger partial charge in [-0.15, -0.1) is 20.1 Å². The molecule has 2 aromatic heterocycles. The van der Waals surface area contributed by atoms with Gasteiger partial charge in [-0.25, -0.2) is 12.6 Å². The molecular weight excluding hydrogens is 474 g/mol. The third-order valence-corrected chi connectivity index (χ3v) is 8.71. The second-order valence-corrected chi connectivity index (χ2v) is 12.1. The smallest absolute Gasteiger partial charge is 0.277 e. The minimum absolute atomic E-state index is 0.0983. The van der Waals surface area contributed by atoms with E-state index in [0.29, 0.717) is 11.5 Å². The Morgan fingerprint density at radius 2 is 2.00 bits per heavy atom. The number of amidine groups is 2. The molecule has 0 aliphatic carbocycles. The first kappa shape index (κ1) is 24.0. The zero-order valence-electron chi connectivity index (χ0n) is 18.2. The molecule has 1 aliphatic rings. The van der Waals surface area contributed by atoms with Crippen molar-refractivity contribution in [1.29, 1.82) is 0 Å². The lowest BCUT2D eigenvalue weighted by atomic mass is 9.85. The molecule has 0 saturated heterocycles. The zero-order chi connectivity index (χ0) is 23.8. The van der Waals surface area contributed by atoms with Crippen LogP contribution >= 0.6 is 11.3 Å². The molecule has 0 fully saturated rings. The number of hydrogen-bond acceptors (Lipinski definition) is 8. The van der Waals surface area contributed by atoms with E-state index in [1.54, 1.807) is 19.3 Å². The van der Waals surface area contributed by atoms with E-state index < -0.39 is 26.9 Å². The van der Waals surface area contributed by atoms with Gasteiger partial charge in [-0.1, -0.05) is 27.4 Å². The van der Waals surface area contributed by atoms with Crippen LogP contribution in [-0.2, 0) is 21.2 Å². The van der Waals surface area contributed by atoms with Crippen LogP contribution in [0.4, 0.5) is 5.69 Å². The fraction of sp³-hybridized carbons (Fsp3) is 0.368. The summed E-state index contributed by atoms with van der Waals surface area (Å²) >= 11 is -1.03. The number of sulfonamides is 1. The second kappa shape index (κ2) is 8.71. The van der Waals surface area contributed by atoms with E-state index in [0.717, 1.165) is 15.6 Å². The summed E-state index contributed by atoms with van der Waals surface area (Å²) in [5.74, 6) is 0.497. The topological polar surface area (TPSA) is 137 Å². The molecule has 13 heteroatoms. The molecule has 0 bridgehead atoms. The highest BCUT2D eigenvalue weighted by atomic mass is 32.2. The first-order chi connectivity index (χ1) is 14.8. The molecule has 1 aliphatic heterocycles. The molecule has 10 nitrogen and oxygen atoms in total. The monoisotopic (exact) mass is 499 g/mol. The number of nitrogens with zero attached hydrogens (tertiary/aromatic N) is 3. The van der Waals surface area contributed by atoms with Crippen molar-refractivity contribution in [1.82, 2.24) is 9.62 Å². The van der Waals surface area contributed by atoms with Crippen LogP contribution in [0.3, 0.4) is 0 Å². The van der Waals surface area contributed by atoms with Crippen LogP contribution in [0.2, 0.25) is 0 Å². The Bertz CT molecular complexity index is 1210. The van der Waals surface area contributed by atoms with Crippen molar-refractivity contribution < 1.29 is 22.2 Å². The van der Waals surface area contributed by atoms with Gasteiger partial charge in [0.15, 0.2) is 21.6 Å². The lowest BCUT2D eigenvalue weighted by molar-refractivity contribution is 0.264. The second-order valence-electron chi connectivity index (χ2n) is 8.19.